The number of hydrogen-bond donors (Lipinski definition) is 0. The van der Waals surface area contributed by atoms with Crippen molar-refractivity contribution in [2.24, 2.45) is 0 Å². The van der Waals surface area contributed by atoms with Crippen LogP contribution in [0.2, 0.25) is 0 Å². The molecule has 16 valence electrons. The molecule has 0 amide bonds. The van der Waals surface area contributed by atoms with Crippen molar-refractivity contribution >= 4 is 37.7 Å². The Morgan fingerprint density at radius 3 is 0.750 bits per heavy atom. The van der Waals surface area contributed by atoms with Crippen molar-refractivity contribution in [3.8, 4) is 0 Å². The first-order chi connectivity index (χ1) is 0. The van der Waals surface area contributed by atoms with Gasteiger partial charge in [0.1, 0.15) is 0 Å². The molecule has 0 aliphatic carbocycles. The largest absolute Gasteiger partial charge is 2.00 e. The molecule has 0 aromatic heterocycles. The van der Waals surface area contributed by atoms with Gasteiger partial charge in [-0.1, -0.05) is 0 Å². The van der Waals surface area contributed by atoms with Crippen LogP contribution in [0.4, 0.5) is 0 Å². The Hall–Kier alpha value is 1.72. The number of rotatable bonds is 0. The van der Waals surface area contributed by atoms with Gasteiger partial charge in [-0.25, -0.2) is 0 Å². The Morgan fingerprint density at radius 2 is 0.750 bits per heavy atom. The first-order valence-corrected chi connectivity index (χ1v) is 0. The summed E-state index contributed by atoms with van der Waals surface area (Å²) in [4.78, 5) is 0. The Kier molecular flexibility index (Phi) is 238. The molecule has 0 nitrogen and oxygen atoms in total. The van der Waals surface area contributed by atoms with Crippen LogP contribution in [0.5, 0.6) is 0 Å². The standard InChI is InChI=1S/Ca.2FH.Li/h;2*1H;/q+2;;;+1/p-2. The van der Waals surface area contributed by atoms with E-state index in [-0.39, 0.29) is 66.0 Å². The van der Waals surface area contributed by atoms with Crippen LogP contribution in [0.25, 0.3) is 0 Å². The van der Waals surface area contributed by atoms with E-state index in [1.165, 1.54) is 0 Å². The van der Waals surface area contributed by atoms with E-state index in [0.29, 0.717) is 0 Å². The minimum Gasteiger partial charge on any atom is -1.00 e. The maximum Gasteiger partial charge on any atom is 2.00 e. The van der Waals surface area contributed by atoms with E-state index < -0.39 is 0 Å². The molecule has 0 unspecified atom stereocenters. The third-order valence-electron chi connectivity index (χ3n) is 0. The first kappa shape index (κ1) is 43.1. The third-order valence-corrected chi connectivity index (χ3v) is 0. The third kappa shape index (κ3) is 9.31. The fourth-order valence-corrected chi connectivity index (χ4v) is 0. The van der Waals surface area contributed by atoms with Crippen LogP contribution >= 0.6 is 0 Å². The molecule has 0 atom stereocenters. The molecular formula is CaF2Li+. The van der Waals surface area contributed by atoms with Gasteiger partial charge in [-0.3, -0.25) is 0 Å². The maximum atomic E-state index is 0. The summed E-state index contributed by atoms with van der Waals surface area (Å²) < 4.78 is 0. The summed E-state index contributed by atoms with van der Waals surface area (Å²) in [7, 11) is 0. The predicted octanol–water partition coefficient (Wildman–Crippen LogP) is -9.37. The van der Waals surface area contributed by atoms with E-state index in [0.717, 1.165) is 0 Å². The molecule has 0 spiro atoms. The van der Waals surface area contributed by atoms with Gasteiger partial charge in [0.25, 0.3) is 0 Å². The van der Waals surface area contributed by atoms with Gasteiger partial charge < -0.3 is 9.41 Å². The van der Waals surface area contributed by atoms with Crippen LogP contribution in [0.3, 0.4) is 0 Å². The van der Waals surface area contributed by atoms with Gasteiger partial charge in [0, 0.05) is 0 Å². The molecular weight excluding hydrogens is 85.0 g/mol. The van der Waals surface area contributed by atoms with E-state index in [1.807, 2.05) is 0 Å². The molecule has 4 heteroatoms. The Labute approximate surface area is 65.2 Å². The maximum absolute atomic E-state index is 0. The summed E-state index contributed by atoms with van der Waals surface area (Å²) in [5.74, 6) is 0. The van der Waals surface area contributed by atoms with Crippen LogP contribution in [0.1, 0.15) is 0 Å². The predicted molar refractivity (Wildman–Crippen MR) is 5.75 cm³/mol. The van der Waals surface area contributed by atoms with Crippen molar-refractivity contribution in [1.82, 2.24) is 0 Å². The van der Waals surface area contributed by atoms with Crippen molar-refractivity contribution < 1.29 is 28.3 Å². The minimum absolute atomic E-state index is 0. The fourth-order valence-electron chi connectivity index (χ4n) is 0. The van der Waals surface area contributed by atoms with Crippen molar-refractivity contribution in [3.63, 3.8) is 0 Å². The average Bonchev–Trinajstić information content (AvgIpc) is 0. The van der Waals surface area contributed by atoms with Gasteiger partial charge in [-0.2, -0.15) is 0 Å². The summed E-state index contributed by atoms with van der Waals surface area (Å²) in [6, 6.07) is 0. The molecule has 0 aromatic carbocycles. The van der Waals surface area contributed by atoms with Gasteiger partial charge in [0.15, 0.2) is 0 Å². The molecule has 0 saturated heterocycles. The topological polar surface area (TPSA) is 0 Å². The molecule has 0 N–H and O–H groups in total. The Bertz CT molecular complexity index is 6.00. The Balaban J connectivity index is 0. The zero-order chi connectivity index (χ0) is 0. The molecule has 0 saturated carbocycles. The Morgan fingerprint density at radius 1 is 0.750 bits per heavy atom. The molecule has 0 aromatic rings. The van der Waals surface area contributed by atoms with E-state index in [9.17, 15) is 0 Å². The van der Waals surface area contributed by atoms with Crippen molar-refractivity contribution in [2.45, 2.75) is 0 Å². The van der Waals surface area contributed by atoms with E-state index in [4.69, 9.17) is 0 Å². The zero-order valence-electron chi connectivity index (χ0n) is 2.46. The smallest absolute Gasteiger partial charge is 1.00 e. The summed E-state index contributed by atoms with van der Waals surface area (Å²) in [6.07, 6.45) is 0. The second-order valence-corrected chi connectivity index (χ2v) is 0. The van der Waals surface area contributed by atoms with Gasteiger partial charge in [0.05, 0.1) is 0 Å². The second kappa shape index (κ2) is 22.1. The molecule has 0 aliphatic rings. The zero-order valence-corrected chi connectivity index (χ0v) is 4.67. The summed E-state index contributed by atoms with van der Waals surface area (Å²) in [5, 5.41) is 0. The summed E-state index contributed by atoms with van der Waals surface area (Å²) in [5.41, 5.74) is 0. The monoisotopic (exact) mass is 85.0 g/mol. The molecule has 0 bridgehead atoms. The quantitative estimate of drug-likeness (QED) is 0.256. The molecule has 0 radical (unpaired) electrons. The summed E-state index contributed by atoms with van der Waals surface area (Å²) in [6.45, 7) is 0. The number of halogens is 2. The van der Waals surface area contributed by atoms with Crippen LogP contribution < -0.4 is 28.3 Å². The minimum atomic E-state index is 0. The SMILES string of the molecule is [Ca+2].[F-].[F-].[Li+]. The van der Waals surface area contributed by atoms with Gasteiger partial charge in [0.2, 0.25) is 0 Å². The van der Waals surface area contributed by atoms with Crippen molar-refractivity contribution in [3.05, 3.63) is 0 Å². The van der Waals surface area contributed by atoms with Crippen molar-refractivity contribution in [1.29, 1.82) is 0 Å². The van der Waals surface area contributed by atoms with Gasteiger partial charge in [-0.15, -0.1) is 0 Å². The molecule has 4 heavy (non-hydrogen) atoms. The van der Waals surface area contributed by atoms with E-state index in [2.05, 4.69) is 0 Å². The number of hydrogen-bond acceptors (Lipinski definition) is 0. The van der Waals surface area contributed by atoms with Crippen LogP contribution in [0.15, 0.2) is 0 Å². The molecule has 0 fully saturated rings. The van der Waals surface area contributed by atoms with E-state index in [1.54, 1.807) is 0 Å². The second-order valence-electron chi connectivity index (χ2n) is 0. The van der Waals surface area contributed by atoms with E-state index >= 15 is 0 Å². The van der Waals surface area contributed by atoms with Crippen molar-refractivity contribution in [2.75, 3.05) is 0 Å². The molecule has 0 rings (SSSR count). The summed E-state index contributed by atoms with van der Waals surface area (Å²) >= 11 is 0. The fraction of sp³-hybridized carbons (Fsp3) is 0. The average molecular weight is 85.0 g/mol. The van der Waals surface area contributed by atoms with Crippen LogP contribution in [-0.2, 0) is 0 Å². The molecule has 0 aliphatic heterocycles. The normalized spacial score (nSPS) is 0. The first-order valence-electron chi connectivity index (χ1n) is 0. The van der Waals surface area contributed by atoms with Gasteiger partial charge in [-0.05, 0) is 0 Å². The van der Waals surface area contributed by atoms with Crippen LogP contribution in [-0.4, -0.2) is 37.7 Å². The van der Waals surface area contributed by atoms with Gasteiger partial charge >= 0.3 is 56.6 Å². The molecule has 0 heterocycles. The van der Waals surface area contributed by atoms with Crippen LogP contribution in [0, 0.1) is 0 Å².